The number of carbonyl (C=O) groups excluding carboxylic acids is 1. The number of aromatic nitrogens is 4. The van der Waals surface area contributed by atoms with Crippen molar-refractivity contribution in [1.82, 2.24) is 25.1 Å². The summed E-state index contributed by atoms with van der Waals surface area (Å²) in [7, 11) is 0. The van der Waals surface area contributed by atoms with Gasteiger partial charge in [-0.1, -0.05) is 30.3 Å². The number of carboxylic acid groups (broad SMARTS) is 1. The van der Waals surface area contributed by atoms with E-state index in [2.05, 4.69) is 15.5 Å². The highest BCUT2D eigenvalue weighted by molar-refractivity contribution is 5.97. The van der Waals surface area contributed by atoms with E-state index in [9.17, 15) is 14.7 Å². The number of rotatable bonds is 5. The summed E-state index contributed by atoms with van der Waals surface area (Å²) in [6.07, 6.45) is 3.86. The second kappa shape index (κ2) is 8.22. The van der Waals surface area contributed by atoms with Gasteiger partial charge in [-0.25, -0.2) is 4.79 Å². The molecule has 3 aromatic rings. The Morgan fingerprint density at radius 2 is 1.69 bits per heavy atom. The molecule has 0 aliphatic carbocycles. The molecule has 1 N–H and O–H groups in total. The molecular formula is C21H21N5O3. The largest absolute Gasteiger partial charge is 0.478 e. The highest BCUT2D eigenvalue weighted by Crippen LogP contribution is 2.25. The van der Waals surface area contributed by atoms with Crippen molar-refractivity contribution in [2.45, 2.75) is 19.3 Å². The predicted octanol–water partition coefficient (Wildman–Crippen LogP) is 2.46. The molecule has 0 atom stereocenters. The Labute approximate surface area is 167 Å². The molecule has 0 saturated carbocycles. The molecule has 1 aromatic heterocycles. The van der Waals surface area contributed by atoms with Gasteiger partial charge in [-0.15, -0.1) is 5.10 Å². The SMILES string of the molecule is O=C(O)c1ccccc1CC1CCN(C(=O)c2ccccc2-n2cnnn2)CC1. The lowest BCUT2D eigenvalue weighted by Gasteiger charge is -2.32. The number of carbonyl (C=O) groups is 2. The zero-order valence-corrected chi connectivity index (χ0v) is 15.8. The van der Waals surface area contributed by atoms with Crippen LogP contribution in [0.1, 0.15) is 39.1 Å². The summed E-state index contributed by atoms with van der Waals surface area (Å²) >= 11 is 0. The van der Waals surface area contributed by atoms with Gasteiger partial charge in [0, 0.05) is 13.1 Å². The second-order valence-electron chi connectivity index (χ2n) is 7.17. The fourth-order valence-electron chi connectivity index (χ4n) is 3.85. The van der Waals surface area contributed by atoms with Gasteiger partial charge in [0.25, 0.3) is 5.91 Å². The fraction of sp³-hybridized carbons (Fsp3) is 0.286. The van der Waals surface area contributed by atoms with E-state index in [0.717, 1.165) is 18.4 Å². The van der Waals surface area contributed by atoms with E-state index in [1.807, 2.05) is 35.2 Å². The predicted molar refractivity (Wildman–Crippen MR) is 105 cm³/mol. The maximum absolute atomic E-state index is 13.1. The van der Waals surface area contributed by atoms with Gasteiger partial charge >= 0.3 is 5.97 Å². The van der Waals surface area contributed by atoms with Crippen molar-refractivity contribution in [2.24, 2.45) is 5.92 Å². The number of benzene rings is 2. The van der Waals surface area contributed by atoms with Crippen LogP contribution in [-0.2, 0) is 6.42 Å². The molecular weight excluding hydrogens is 370 g/mol. The van der Waals surface area contributed by atoms with Crippen molar-refractivity contribution < 1.29 is 14.7 Å². The molecule has 8 nitrogen and oxygen atoms in total. The van der Waals surface area contributed by atoms with Crippen LogP contribution in [0.3, 0.4) is 0 Å². The molecule has 0 unspecified atom stereocenters. The maximum atomic E-state index is 13.1. The van der Waals surface area contributed by atoms with E-state index in [1.54, 1.807) is 18.2 Å². The van der Waals surface area contributed by atoms with Gasteiger partial charge < -0.3 is 10.0 Å². The molecule has 0 spiro atoms. The molecule has 148 valence electrons. The number of hydrogen-bond donors (Lipinski definition) is 1. The molecule has 1 amide bonds. The normalized spacial score (nSPS) is 14.7. The first kappa shape index (κ1) is 18.8. The minimum absolute atomic E-state index is 0.0412. The van der Waals surface area contributed by atoms with E-state index in [-0.39, 0.29) is 5.91 Å². The second-order valence-corrected chi connectivity index (χ2v) is 7.17. The summed E-state index contributed by atoms with van der Waals surface area (Å²) in [5, 5.41) is 20.6. The third kappa shape index (κ3) is 4.01. The summed E-state index contributed by atoms with van der Waals surface area (Å²) in [6, 6.07) is 14.4. The van der Waals surface area contributed by atoms with E-state index in [0.29, 0.717) is 42.2 Å². The van der Waals surface area contributed by atoms with Crippen LogP contribution in [0.25, 0.3) is 5.69 Å². The smallest absolute Gasteiger partial charge is 0.335 e. The highest BCUT2D eigenvalue weighted by atomic mass is 16.4. The first-order chi connectivity index (χ1) is 14.1. The topological polar surface area (TPSA) is 101 Å². The molecule has 1 aliphatic rings. The van der Waals surface area contributed by atoms with E-state index in [1.165, 1.54) is 11.0 Å². The third-order valence-electron chi connectivity index (χ3n) is 5.39. The Bertz CT molecular complexity index is 1010. The zero-order valence-electron chi connectivity index (χ0n) is 15.8. The highest BCUT2D eigenvalue weighted by Gasteiger charge is 2.26. The number of hydrogen-bond acceptors (Lipinski definition) is 5. The summed E-state index contributed by atoms with van der Waals surface area (Å²) in [5.41, 5.74) is 2.43. The van der Waals surface area contributed by atoms with Crippen LogP contribution in [0.4, 0.5) is 0 Å². The quantitative estimate of drug-likeness (QED) is 0.717. The van der Waals surface area contributed by atoms with Crippen LogP contribution < -0.4 is 0 Å². The third-order valence-corrected chi connectivity index (χ3v) is 5.39. The van der Waals surface area contributed by atoms with Crippen molar-refractivity contribution in [3.63, 3.8) is 0 Å². The van der Waals surface area contributed by atoms with Crippen LogP contribution in [0.5, 0.6) is 0 Å². The van der Waals surface area contributed by atoms with Gasteiger partial charge in [-0.05, 0) is 59.4 Å². The number of nitrogens with zero attached hydrogens (tertiary/aromatic N) is 5. The molecule has 0 radical (unpaired) electrons. The van der Waals surface area contributed by atoms with Crippen LogP contribution in [0.2, 0.25) is 0 Å². The first-order valence-electron chi connectivity index (χ1n) is 9.56. The number of carboxylic acids is 1. The number of piperidine rings is 1. The van der Waals surface area contributed by atoms with Crippen LogP contribution in [0, 0.1) is 5.92 Å². The summed E-state index contributed by atoms with van der Waals surface area (Å²) in [4.78, 5) is 26.4. The molecule has 2 aromatic carbocycles. The molecule has 1 fully saturated rings. The number of likely N-dealkylation sites (tertiary alicyclic amines) is 1. The number of tetrazole rings is 1. The number of para-hydroxylation sites is 1. The van der Waals surface area contributed by atoms with Gasteiger partial charge in [0.15, 0.2) is 0 Å². The zero-order chi connectivity index (χ0) is 20.2. The molecule has 8 heteroatoms. The molecule has 2 heterocycles. The lowest BCUT2D eigenvalue weighted by Crippen LogP contribution is -2.39. The van der Waals surface area contributed by atoms with Gasteiger partial charge in [-0.3, -0.25) is 4.79 Å². The van der Waals surface area contributed by atoms with Gasteiger partial charge in [0.2, 0.25) is 0 Å². The van der Waals surface area contributed by atoms with Crippen LogP contribution in [-0.4, -0.2) is 55.2 Å². The summed E-state index contributed by atoms with van der Waals surface area (Å²) < 4.78 is 1.49. The van der Waals surface area contributed by atoms with E-state index in [4.69, 9.17) is 0 Å². The monoisotopic (exact) mass is 391 g/mol. The number of aromatic carboxylic acids is 1. The Morgan fingerprint density at radius 1 is 1.00 bits per heavy atom. The van der Waals surface area contributed by atoms with Crippen molar-refractivity contribution in [2.75, 3.05) is 13.1 Å². The Balaban J connectivity index is 1.43. The van der Waals surface area contributed by atoms with Crippen molar-refractivity contribution >= 4 is 11.9 Å². The van der Waals surface area contributed by atoms with Crippen molar-refractivity contribution in [1.29, 1.82) is 0 Å². The fourth-order valence-corrected chi connectivity index (χ4v) is 3.85. The van der Waals surface area contributed by atoms with Crippen molar-refractivity contribution in [3.05, 3.63) is 71.5 Å². The van der Waals surface area contributed by atoms with E-state index >= 15 is 0 Å². The minimum atomic E-state index is -0.896. The van der Waals surface area contributed by atoms with Gasteiger partial charge in [-0.2, -0.15) is 4.68 Å². The maximum Gasteiger partial charge on any atom is 0.335 e. The summed E-state index contributed by atoms with van der Waals surface area (Å²) in [5.74, 6) is -0.581. The van der Waals surface area contributed by atoms with Gasteiger partial charge in [0.05, 0.1) is 16.8 Å². The van der Waals surface area contributed by atoms with Gasteiger partial charge in [0.1, 0.15) is 6.33 Å². The molecule has 1 aliphatic heterocycles. The van der Waals surface area contributed by atoms with E-state index < -0.39 is 5.97 Å². The molecule has 4 rings (SSSR count). The lowest BCUT2D eigenvalue weighted by atomic mass is 9.88. The lowest BCUT2D eigenvalue weighted by molar-refractivity contribution is 0.0690. The van der Waals surface area contributed by atoms with Crippen LogP contribution in [0.15, 0.2) is 54.9 Å². The average molecular weight is 391 g/mol. The summed E-state index contributed by atoms with van der Waals surface area (Å²) in [6.45, 7) is 1.28. The standard InChI is InChI=1S/C21H21N5O3/c27-20(18-7-3-4-8-19(18)26-14-22-23-24-26)25-11-9-15(10-12-25)13-16-5-1-2-6-17(16)21(28)29/h1-8,14-15H,9-13H2,(H,28,29). The Kier molecular flexibility index (Phi) is 5.33. The Morgan fingerprint density at radius 3 is 2.38 bits per heavy atom. The number of amides is 1. The molecule has 1 saturated heterocycles. The first-order valence-corrected chi connectivity index (χ1v) is 9.56. The van der Waals surface area contributed by atoms with Crippen LogP contribution >= 0.6 is 0 Å². The average Bonchev–Trinajstić information content (AvgIpc) is 3.29. The Hall–Kier alpha value is -3.55. The minimum Gasteiger partial charge on any atom is -0.478 e. The van der Waals surface area contributed by atoms with Crippen molar-refractivity contribution in [3.8, 4) is 5.69 Å². The molecule has 29 heavy (non-hydrogen) atoms. The molecule has 0 bridgehead atoms.